The molecule has 0 radical (unpaired) electrons. The van der Waals surface area contributed by atoms with Crippen LogP contribution in [-0.4, -0.2) is 42.3 Å². The van der Waals surface area contributed by atoms with Crippen LogP contribution in [0, 0.1) is 11.3 Å². The Bertz CT molecular complexity index is 695. The number of carbonyl (C=O) groups is 1. The highest BCUT2D eigenvalue weighted by molar-refractivity contribution is 5.90. The van der Waals surface area contributed by atoms with Crippen LogP contribution in [0.1, 0.15) is 32.3 Å². The average Bonchev–Trinajstić information content (AvgIpc) is 2.61. The van der Waals surface area contributed by atoms with Crippen molar-refractivity contribution < 1.29 is 14.6 Å². The molecule has 26 heavy (non-hydrogen) atoms. The van der Waals surface area contributed by atoms with E-state index in [1.807, 2.05) is 26.0 Å². The lowest BCUT2D eigenvalue weighted by molar-refractivity contribution is -0.140. The number of allylic oxidation sites excluding steroid dienone is 2. The Kier molecular flexibility index (Phi) is 5.94. The van der Waals surface area contributed by atoms with Gasteiger partial charge in [0.05, 0.1) is 6.61 Å². The highest BCUT2D eigenvalue weighted by Gasteiger charge is 2.46. The summed E-state index contributed by atoms with van der Waals surface area (Å²) in [7, 11) is 0. The number of esters is 1. The van der Waals surface area contributed by atoms with Crippen LogP contribution in [0.5, 0.6) is 0 Å². The summed E-state index contributed by atoms with van der Waals surface area (Å²) in [5.41, 5.74) is 2.95. The highest BCUT2D eigenvalue weighted by atomic mass is 16.5. The molecule has 0 spiro atoms. The predicted molar refractivity (Wildman–Crippen MR) is 102 cm³/mol. The molecule has 1 saturated heterocycles. The normalized spacial score (nSPS) is 25.9. The van der Waals surface area contributed by atoms with E-state index in [-0.39, 0.29) is 23.9 Å². The molecule has 1 N–H and O–H groups in total. The van der Waals surface area contributed by atoms with Crippen LogP contribution >= 0.6 is 0 Å². The number of hydrogen-bond donors (Lipinski definition) is 1. The lowest BCUT2D eigenvalue weighted by atomic mass is 9.62. The van der Waals surface area contributed by atoms with Crippen molar-refractivity contribution in [2.75, 3.05) is 26.3 Å². The van der Waals surface area contributed by atoms with Crippen LogP contribution < -0.4 is 0 Å². The summed E-state index contributed by atoms with van der Waals surface area (Å²) < 4.78 is 5.31. The molecule has 4 nitrogen and oxygen atoms in total. The lowest BCUT2D eigenvalue weighted by Gasteiger charge is -2.49. The Labute approximate surface area is 156 Å². The number of hydrogen-bond acceptors (Lipinski definition) is 4. The third-order valence-corrected chi connectivity index (χ3v) is 5.56. The minimum atomic E-state index is -0.206. The van der Waals surface area contributed by atoms with Gasteiger partial charge in [-0.3, -0.25) is 4.90 Å². The second-order valence-electron chi connectivity index (χ2n) is 7.45. The number of rotatable bonds is 6. The quantitative estimate of drug-likeness (QED) is 0.795. The number of piperidine rings is 1. The number of carbonyl (C=O) groups excluding carboxylic acids is 1. The van der Waals surface area contributed by atoms with Crippen molar-refractivity contribution in [3.8, 4) is 0 Å². The Balaban J connectivity index is 1.85. The first-order valence-corrected chi connectivity index (χ1v) is 9.53. The van der Waals surface area contributed by atoms with E-state index >= 15 is 0 Å². The number of nitrogens with zero attached hydrogens (tertiary/aromatic N) is 1. The molecule has 2 aliphatic rings. The van der Waals surface area contributed by atoms with Gasteiger partial charge in [0.2, 0.25) is 0 Å². The largest absolute Gasteiger partial charge is 0.463 e. The first-order chi connectivity index (χ1) is 12.6. The van der Waals surface area contributed by atoms with E-state index in [9.17, 15) is 9.90 Å². The Morgan fingerprint density at radius 2 is 2.12 bits per heavy atom. The molecule has 0 aromatic heterocycles. The second kappa shape index (κ2) is 8.19. The van der Waals surface area contributed by atoms with Gasteiger partial charge in [-0.1, -0.05) is 42.0 Å². The SMILES string of the molecule is CCOC(=O)C1=CC(C)=C[C@@]2(CCO)CN(Cc3ccccc3)CC[C@@H]12. The minimum Gasteiger partial charge on any atom is -0.463 e. The maximum atomic E-state index is 12.5. The molecule has 1 aromatic carbocycles. The van der Waals surface area contributed by atoms with Crippen LogP contribution in [0.4, 0.5) is 0 Å². The van der Waals surface area contributed by atoms with Crippen molar-refractivity contribution in [1.82, 2.24) is 4.90 Å². The van der Waals surface area contributed by atoms with Gasteiger partial charge in [-0.2, -0.15) is 0 Å². The lowest BCUT2D eigenvalue weighted by Crippen LogP contribution is -2.50. The van der Waals surface area contributed by atoms with Gasteiger partial charge >= 0.3 is 5.97 Å². The molecule has 4 heteroatoms. The zero-order chi connectivity index (χ0) is 18.6. The van der Waals surface area contributed by atoms with Crippen molar-refractivity contribution in [2.45, 2.75) is 33.2 Å². The molecule has 1 heterocycles. The van der Waals surface area contributed by atoms with Crippen molar-refractivity contribution in [2.24, 2.45) is 11.3 Å². The summed E-state index contributed by atoms with van der Waals surface area (Å²) in [5.74, 6) is -0.0896. The highest BCUT2D eigenvalue weighted by Crippen LogP contribution is 2.48. The summed E-state index contributed by atoms with van der Waals surface area (Å²) in [4.78, 5) is 15.0. The summed E-state index contributed by atoms with van der Waals surface area (Å²) in [5, 5.41) is 9.76. The average molecular weight is 355 g/mol. The van der Waals surface area contributed by atoms with Crippen LogP contribution in [0.25, 0.3) is 0 Å². The van der Waals surface area contributed by atoms with Gasteiger partial charge < -0.3 is 9.84 Å². The molecule has 2 atom stereocenters. The molecule has 1 aromatic rings. The smallest absolute Gasteiger partial charge is 0.334 e. The van der Waals surface area contributed by atoms with Crippen LogP contribution in [0.2, 0.25) is 0 Å². The number of likely N-dealkylation sites (tertiary alicyclic amines) is 1. The van der Waals surface area contributed by atoms with Crippen molar-refractivity contribution in [1.29, 1.82) is 0 Å². The third-order valence-electron chi connectivity index (χ3n) is 5.56. The molecule has 1 aliphatic heterocycles. The van der Waals surface area contributed by atoms with Crippen LogP contribution in [0.15, 0.2) is 53.6 Å². The van der Waals surface area contributed by atoms with E-state index in [2.05, 4.69) is 35.2 Å². The summed E-state index contributed by atoms with van der Waals surface area (Å²) in [6, 6.07) is 10.5. The van der Waals surface area contributed by atoms with E-state index in [1.54, 1.807) is 0 Å². The zero-order valence-electron chi connectivity index (χ0n) is 15.8. The second-order valence-corrected chi connectivity index (χ2v) is 7.45. The fourth-order valence-corrected chi connectivity index (χ4v) is 4.58. The number of fused-ring (bicyclic) bond motifs is 1. The van der Waals surface area contributed by atoms with Gasteiger partial charge in [0, 0.05) is 36.6 Å². The topological polar surface area (TPSA) is 49.8 Å². The van der Waals surface area contributed by atoms with Gasteiger partial charge in [0.1, 0.15) is 0 Å². The van der Waals surface area contributed by atoms with Crippen LogP contribution in [0.3, 0.4) is 0 Å². The van der Waals surface area contributed by atoms with E-state index in [0.29, 0.717) is 13.0 Å². The van der Waals surface area contributed by atoms with E-state index < -0.39 is 0 Å². The molecule has 3 rings (SSSR count). The van der Waals surface area contributed by atoms with Crippen LogP contribution in [-0.2, 0) is 16.1 Å². The standard InChI is InChI=1S/C22H29NO3/c1-3-26-21(25)19-13-17(2)14-22(10-12-24)16-23(11-9-20(19)22)15-18-7-5-4-6-8-18/h4-8,13-14,20,24H,3,9-12,15-16H2,1-2H3/t20-,22-/m0/s1. The predicted octanol–water partition coefficient (Wildman–Crippen LogP) is 3.33. The number of benzene rings is 1. The maximum absolute atomic E-state index is 12.5. The Morgan fingerprint density at radius 3 is 2.81 bits per heavy atom. The molecule has 1 aliphatic carbocycles. The fourth-order valence-electron chi connectivity index (χ4n) is 4.58. The van der Waals surface area contributed by atoms with Gasteiger partial charge in [-0.25, -0.2) is 4.79 Å². The van der Waals surface area contributed by atoms with Gasteiger partial charge in [-0.05, 0) is 44.9 Å². The fraction of sp³-hybridized carbons (Fsp3) is 0.500. The first-order valence-electron chi connectivity index (χ1n) is 9.53. The molecule has 0 bridgehead atoms. The first kappa shape index (κ1) is 18.9. The van der Waals surface area contributed by atoms with E-state index in [0.717, 1.165) is 37.2 Å². The van der Waals surface area contributed by atoms with E-state index in [1.165, 1.54) is 5.56 Å². The molecule has 0 unspecified atom stereocenters. The Hall–Kier alpha value is -1.91. The van der Waals surface area contributed by atoms with Gasteiger partial charge in [-0.15, -0.1) is 0 Å². The Morgan fingerprint density at radius 1 is 1.35 bits per heavy atom. The molecular formula is C22H29NO3. The molecule has 0 saturated carbocycles. The van der Waals surface area contributed by atoms with Crippen molar-refractivity contribution in [3.63, 3.8) is 0 Å². The van der Waals surface area contributed by atoms with E-state index in [4.69, 9.17) is 4.74 Å². The third kappa shape index (κ3) is 3.92. The molecule has 0 amide bonds. The molecular weight excluding hydrogens is 326 g/mol. The van der Waals surface area contributed by atoms with Crippen molar-refractivity contribution >= 4 is 5.97 Å². The summed E-state index contributed by atoms with van der Waals surface area (Å²) >= 11 is 0. The maximum Gasteiger partial charge on any atom is 0.334 e. The van der Waals surface area contributed by atoms with Crippen molar-refractivity contribution in [3.05, 3.63) is 59.2 Å². The molecule has 1 fully saturated rings. The summed E-state index contributed by atoms with van der Waals surface area (Å²) in [6.07, 6.45) is 5.82. The van der Waals surface area contributed by atoms with Gasteiger partial charge in [0.25, 0.3) is 0 Å². The monoisotopic (exact) mass is 355 g/mol. The summed E-state index contributed by atoms with van der Waals surface area (Å²) in [6.45, 7) is 7.07. The number of aliphatic hydroxyl groups is 1. The minimum absolute atomic E-state index is 0.115. The van der Waals surface area contributed by atoms with Gasteiger partial charge in [0.15, 0.2) is 0 Å². The molecule has 140 valence electrons. The number of aliphatic hydroxyl groups excluding tert-OH is 1. The number of ether oxygens (including phenoxy) is 1. The zero-order valence-corrected chi connectivity index (χ0v) is 15.8.